The van der Waals surface area contributed by atoms with Gasteiger partial charge in [-0.15, -0.1) is 0 Å². The lowest BCUT2D eigenvalue weighted by Crippen LogP contribution is -1.95. The Kier molecular flexibility index (Phi) is 8.69. The van der Waals surface area contributed by atoms with Gasteiger partial charge < -0.3 is 0 Å². The van der Waals surface area contributed by atoms with Gasteiger partial charge in [0.15, 0.2) is 0 Å². The molecule has 0 bridgehead atoms. The summed E-state index contributed by atoms with van der Waals surface area (Å²) in [7, 11) is 0. The lowest BCUT2D eigenvalue weighted by atomic mass is 9.80. The van der Waals surface area contributed by atoms with Gasteiger partial charge in [0, 0.05) is 0 Å². The molecule has 314 valence electrons. The second-order valence-electron chi connectivity index (χ2n) is 18.3. The number of hydrogen-bond donors (Lipinski definition) is 0. The van der Waals surface area contributed by atoms with Crippen LogP contribution in [-0.2, 0) is 0 Å². The zero-order valence-corrected chi connectivity index (χ0v) is 37.2. The second kappa shape index (κ2) is 15.4. The van der Waals surface area contributed by atoms with E-state index < -0.39 is 0 Å². The maximum atomic E-state index is 2.48. The third kappa shape index (κ3) is 6.01. The summed E-state index contributed by atoms with van der Waals surface area (Å²) in [6.45, 7) is 0. The molecule has 0 radical (unpaired) electrons. The average Bonchev–Trinajstić information content (AvgIpc) is 3.41. The highest BCUT2D eigenvalue weighted by atomic mass is 14.3. The first kappa shape index (κ1) is 38.4. The third-order valence-corrected chi connectivity index (χ3v) is 14.6. The molecule has 0 N–H and O–H groups in total. The summed E-state index contributed by atoms with van der Waals surface area (Å²) < 4.78 is 0. The SMILES string of the molecule is c1ccc(-c2cc(-c3cc(-c4cccc5ccccc45)cc4ccccc34)c3ccc4c(-c5ccccc5)cc(-c5cc(-c6cccc7ccccc67)cc6ccccc56)c5ccc2c3c45)cc1. The molecule has 0 aliphatic heterocycles. The largest absolute Gasteiger partial charge is 0.0622 e. The van der Waals surface area contributed by atoms with Crippen LogP contribution < -0.4 is 0 Å². The third-order valence-electron chi connectivity index (χ3n) is 14.6. The minimum Gasteiger partial charge on any atom is -0.0622 e. The Balaban J connectivity index is 1.13. The summed E-state index contributed by atoms with van der Waals surface area (Å²) in [5.74, 6) is 0. The zero-order chi connectivity index (χ0) is 44.7. The van der Waals surface area contributed by atoms with E-state index in [1.165, 1.54) is 142 Å². The Labute approximate surface area is 395 Å². The number of benzene rings is 14. The highest BCUT2D eigenvalue weighted by Crippen LogP contribution is 2.51. The van der Waals surface area contributed by atoms with E-state index in [2.05, 4.69) is 255 Å². The fourth-order valence-corrected chi connectivity index (χ4v) is 11.5. The molecule has 0 spiro atoms. The van der Waals surface area contributed by atoms with Crippen LogP contribution in [0.2, 0.25) is 0 Å². The molecule has 0 saturated carbocycles. The average molecular weight is 859 g/mol. The summed E-state index contributed by atoms with van der Waals surface area (Å²) in [5, 5.41) is 17.6. The van der Waals surface area contributed by atoms with Crippen LogP contribution >= 0.6 is 0 Å². The smallest absolute Gasteiger partial charge is 0.00139 e. The molecule has 0 saturated heterocycles. The van der Waals surface area contributed by atoms with E-state index in [0.717, 1.165) is 0 Å². The van der Waals surface area contributed by atoms with Crippen LogP contribution in [-0.4, -0.2) is 0 Å². The summed E-state index contributed by atoms with van der Waals surface area (Å²) in [4.78, 5) is 0. The van der Waals surface area contributed by atoms with Crippen LogP contribution in [0.15, 0.2) is 255 Å². The van der Waals surface area contributed by atoms with Crippen molar-refractivity contribution >= 4 is 75.4 Å². The molecule has 0 amide bonds. The molecule has 0 aromatic heterocycles. The van der Waals surface area contributed by atoms with Crippen molar-refractivity contribution in [2.45, 2.75) is 0 Å². The predicted octanol–water partition coefficient (Wildman–Crippen LogP) is 19.2. The number of fused-ring (bicyclic) bond motifs is 4. The van der Waals surface area contributed by atoms with Crippen molar-refractivity contribution in [3.8, 4) is 66.8 Å². The number of hydrogen-bond acceptors (Lipinski definition) is 0. The fourth-order valence-electron chi connectivity index (χ4n) is 11.5. The van der Waals surface area contributed by atoms with Gasteiger partial charge >= 0.3 is 0 Å². The van der Waals surface area contributed by atoms with E-state index >= 15 is 0 Å². The van der Waals surface area contributed by atoms with Crippen LogP contribution in [0.4, 0.5) is 0 Å². The van der Waals surface area contributed by atoms with Gasteiger partial charge in [0.05, 0.1) is 0 Å². The Morgan fingerprint density at radius 1 is 0.147 bits per heavy atom. The molecule has 68 heavy (non-hydrogen) atoms. The van der Waals surface area contributed by atoms with Crippen molar-refractivity contribution in [3.05, 3.63) is 255 Å². The van der Waals surface area contributed by atoms with Gasteiger partial charge in [-0.25, -0.2) is 0 Å². The van der Waals surface area contributed by atoms with Crippen LogP contribution in [0.25, 0.3) is 142 Å². The van der Waals surface area contributed by atoms with Gasteiger partial charge in [0.2, 0.25) is 0 Å². The summed E-state index contributed by atoms with van der Waals surface area (Å²) in [5.41, 5.74) is 14.7. The van der Waals surface area contributed by atoms with E-state index in [1.54, 1.807) is 0 Å². The number of rotatable bonds is 6. The van der Waals surface area contributed by atoms with E-state index in [0.29, 0.717) is 0 Å². The van der Waals surface area contributed by atoms with E-state index in [-0.39, 0.29) is 0 Å². The highest BCUT2D eigenvalue weighted by molar-refractivity contribution is 6.33. The predicted molar refractivity (Wildman–Crippen MR) is 293 cm³/mol. The highest BCUT2D eigenvalue weighted by Gasteiger charge is 2.23. The molecule has 0 nitrogen and oxygen atoms in total. The Morgan fingerprint density at radius 2 is 0.456 bits per heavy atom. The molecule has 0 fully saturated rings. The van der Waals surface area contributed by atoms with Crippen molar-refractivity contribution in [2.75, 3.05) is 0 Å². The van der Waals surface area contributed by atoms with Crippen molar-refractivity contribution in [3.63, 3.8) is 0 Å². The Bertz CT molecular complexity index is 4000. The van der Waals surface area contributed by atoms with Gasteiger partial charge in [0.1, 0.15) is 0 Å². The maximum Gasteiger partial charge on any atom is -0.00139 e. The first-order chi connectivity index (χ1) is 33.7. The van der Waals surface area contributed by atoms with Gasteiger partial charge in [-0.2, -0.15) is 0 Å². The molecule has 0 heterocycles. The molecule has 0 atom stereocenters. The summed E-state index contributed by atoms with van der Waals surface area (Å²) in [6.07, 6.45) is 0. The van der Waals surface area contributed by atoms with Gasteiger partial charge in [-0.05, 0) is 179 Å². The van der Waals surface area contributed by atoms with Crippen molar-refractivity contribution in [1.82, 2.24) is 0 Å². The Morgan fingerprint density at radius 3 is 0.868 bits per heavy atom. The van der Waals surface area contributed by atoms with Crippen molar-refractivity contribution in [2.24, 2.45) is 0 Å². The molecule has 14 rings (SSSR count). The van der Waals surface area contributed by atoms with Gasteiger partial charge in [0.25, 0.3) is 0 Å². The van der Waals surface area contributed by atoms with Crippen LogP contribution in [0.5, 0.6) is 0 Å². The van der Waals surface area contributed by atoms with Crippen molar-refractivity contribution in [1.29, 1.82) is 0 Å². The molecule has 0 aliphatic rings. The van der Waals surface area contributed by atoms with Crippen molar-refractivity contribution < 1.29 is 0 Å². The van der Waals surface area contributed by atoms with E-state index in [9.17, 15) is 0 Å². The molecule has 0 aliphatic carbocycles. The topological polar surface area (TPSA) is 0 Å². The summed E-state index contributed by atoms with van der Waals surface area (Å²) >= 11 is 0. The van der Waals surface area contributed by atoms with Gasteiger partial charge in [-0.1, -0.05) is 218 Å². The Hall–Kier alpha value is -8.84. The maximum absolute atomic E-state index is 2.48. The monoisotopic (exact) mass is 858 g/mol. The molecule has 14 aromatic carbocycles. The lowest BCUT2D eigenvalue weighted by Gasteiger charge is -2.23. The molecule has 0 heteroatoms. The molecular weight excluding hydrogens is 817 g/mol. The van der Waals surface area contributed by atoms with E-state index in [4.69, 9.17) is 0 Å². The van der Waals surface area contributed by atoms with Crippen LogP contribution in [0.3, 0.4) is 0 Å². The minimum absolute atomic E-state index is 1.21. The standard InChI is InChI=1S/C68H42/c1-3-17-45(18-4-1)61-41-65(63-39-49(37-47-23-9-13-29-53(47)63)55-31-15-25-43-21-7-11-27-51(43)55)59-36-34-58-62(46-19-5-2-6-20-46)42-66(60-35-33-57(61)67(59)68(58)60)64-40-50(38-48-24-10-14-30-54(48)64)56-32-16-26-44-22-8-12-28-52(44)56/h1-42H. The normalized spacial score (nSPS) is 11.8. The molecule has 14 aromatic rings. The first-order valence-electron chi connectivity index (χ1n) is 23.7. The van der Waals surface area contributed by atoms with E-state index in [1.807, 2.05) is 0 Å². The minimum atomic E-state index is 1.21. The fraction of sp³-hybridized carbons (Fsp3) is 0. The quantitative estimate of drug-likeness (QED) is 0.146. The molecule has 0 unspecified atom stereocenters. The summed E-state index contributed by atoms with van der Waals surface area (Å²) in [6, 6.07) is 95.0. The van der Waals surface area contributed by atoms with Crippen LogP contribution in [0.1, 0.15) is 0 Å². The zero-order valence-electron chi connectivity index (χ0n) is 37.2. The van der Waals surface area contributed by atoms with Crippen LogP contribution in [0, 0.1) is 0 Å². The first-order valence-corrected chi connectivity index (χ1v) is 23.7. The lowest BCUT2D eigenvalue weighted by molar-refractivity contribution is 1.63. The second-order valence-corrected chi connectivity index (χ2v) is 18.3. The van der Waals surface area contributed by atoms with Gasteiger partial charge in [-0.3, -0.25) is 0 Å². The molecular formula is C68H42.